The molecule has 0 aliphatic rings. The largest absolute Gasteiger partial charge is 1.00 e. The van der Waals surface area contributed by atoms with Crippen molar-refractivity contribution in [2.75, 3.05) is 0 Å². The molecule has 8 aromatic rings. The van der Waals surface area contributed by atoms with E-state index in [9.17, 15) is 0 Å². The van der Waals surface area contributed by atoms with Crippen LogP contribution in [-0.2, 0) is 21.6 Å². The molecule has 0 nitrogen and oxygen atoms in total. The molecule has 0 saturated carbocycles. The molecule has 4 heteroatoms. The molecule has 0 aromatic heterocycles. The zero-order valence-corrected chi connectivity index (χ0v) is 28.5. The smallest absolute Gasteiger partial charge is 0.0293 e. The number of fused-ring (bicyclic) bond motifs is 12. The minimum absolute atomic E-state index is 0. The molecule has 8 aromatic carbocycles. The van der Waals surface area contributed by atoms with Gasteiger partial charge in [0.2, 0.25) is 0 Å². The van der Waals surface area contributed by atoms with Crippen LogP contribution in [0.5, 0.6) is 0 Å². The molecule has 196 valence electrons. The maximum Gasteiger partial charge on any atom is -0.0293 e. The van der Waals surface area contributed by atoms with E-state index in [1.807, 2.05) is 0 Å². The second-order valence-corrected chi connectivity index (χ2v) is 26.9. The number of halogens is 2. The summed E-state index contributed by atoms with van der Waals surface area (Å²) in [4.78, 5) is 0. The van der Waals surface area contributed by atoms with Gasteiger partial charge in [-0.15, -0.1) is 33.7 Å². The third kappa shape index (κ3) is 5.81. The molecule has 40 heavy (non-hydrogen) atoms. The van der Waals surface area contributed by atoms with Crippen molar-refractivity contribution in [1.29, 1.82) is 0 Å². The predicted molar refractivity (Wildman–Crippen MR) is 167 cm³/mol. The van der Waals surface area contributed by atoms with Gasteiger partial charge in [0.1, 0.15) is 0 Å². The molecule has 0 amide bonds. The zero-order chi connectivity index (χ0) is 26.1. The summed E-state index contributed by atoms with van der Waals surface area (Å²) in [7, 11) is -0.243. The molecule has 0 saturated heterocycles. The van der Waals surface area contributed by atoms with Gasteiger partial charge in [0.25, 0.3) is 0 Å². The molecule has 0 heterocycles. The number of hydrogen-bond donors (Lipinski definition) is 0. The van der Waals surface area contributed by atoms with Gasteiger partial charge >= 0.3 is 43.1 Å². The summed E-state index contributed by atoms with van der Waals surface area (Å²) < 4.78 is 0. The number of rotatable bonds is 0. The van der Waals surface area contributed by atoms with Gasteiger partial charge in [-0.1, -0.05) is 129 Å². The van der Waals surface area contributed by atoms with Crippen LogP contribution in [0.3, 0.4) is 0 Å². The second-order valence-electron chi connectivity index (χ2n) is 9.89. The average Bonchev–Trinajstić information content (AvgIpc) is 3.65. The Morgan fingerprint density at radius 3 is 0.875 bits per heavy atom. The van der Waals surface area contributed by atoms with Crippen molar-refractivity contribution in [2.45, 2.75) is 11.5 Å². The fraction of sp³-hybridized carbons (Fsp3) is 0.0556. The minimum atomic E-state index is -0.243. The summed E-state index contributed by atoms with van der Waals surface area (Å²) in [5.74, 6) is 4.75. The van der Waals surface area contributed by atoms with E-state index in [1.165, 1.54) is 64.6 Å². The number of benzene rings is 6. The Labute approximate surface area is 263 Å². The maximum absolute atomic E-state index is 2.37. The predicted octanol–water partition coefficient (Wildman–Crippen LogP) is 4.52. The zero-order valence-electron chi connectivity index (χ0n) is 22.5. The van der Waals surface area contributed by atoms with Crippen molar-refractivity contribution in [1.82, 2.24) is 0 Å². The molecule has 0 aliphatic heterocycles. The summed E-state index contributed by atoms with van der Waals surface area (Å²) in [6, 6.07) is 47.8. The average molecular weight is 695 g/mol. The van der Waals surface area contributed by atoms with Gasteiger partial charge in [0.05, 0.1) is 0 Å². The first kappa shape index (κ1) is 30.5. The van der Waals surface area contributed by atoms with Gasteiger partial charge in [0.15, 0.2) is 0 Å². The first-order valence-corrected chi connectivity index (χ1v) is 24.7. The van der Waals surface area contributed by atoms with E-state index in [-0.39, 0.29) is 34.8 Å². The first-order valence-electron chi connectivity index (χ1n) is 13.0. The van der Waals surface area contributed by atoms with Crippen LogP contribution in [0.25, 0.3) is 64.6 Å². The summed E-state index contributed by atoms with van der Waals surface area (Å²) in [6.07, 6.45) is 0. The second kappa shape index (κ2) is 13.5. The Kier molecular flexibility index (Phi) is 10.3. The van der Waals surface area contributed by atoms with Crippen LogP contribution in [0.1, 0.15) is 0 Å². The molecule has 0 fully saturated rings. The normalized spacial score (nSPS) is 10.5. The van der Waals surface area contributed by atoms with E-state index < -0.39 is 0 Å². The van der Waals surface area contributed by atoms with Crippen molar-refractivity contribution < 1.29 is 46.4 Å². The van der Waals surface area contributed by atoms with Gasteiger partial charge < -0.3 is 24.8 Å². The van der Waals surface area contributed by atoms with Gasteiger partial charge in [-0.25, -0.2) is 0 Å². The van der Waals surface area contributed by atoms with Crippen molar-refractivity contribution in [3.63, 3.8) is 0 Å². The van der Waals surface area contributed by atoms with Crippen LogP contribution in [0.15, 0.2) is 133 Å². The Hall–Kier alpha value is -2.41. The van der Waals surface area contributed by atoms with E-state index in [0.29, 0.717) is 0 Å². The van der Waals surface area contributed by atoms with E-state index in [0.717, 1.165) is 0 Å². The molecular formula is C36H28Cl2GeZr-2. The molecule has 0 aliphatic carbocycles. The molecule has 0 atom stereocenters. The summed E-state index contributed by atoms with van der Waals surface area (Å²) in [5.41, 5.74) is 0. The van der Waals surface area contributed by atoms with E-state index >= 15 is 0 Å². The Bertz CT molecular complexity index is 1790. The third-order valence-corrected chi connectivity index (χ3v) is 7.08. The SMILES string of the molecule is [CH3][Ge]([CH3])=[Zr+2].[Cl-].[Cl-].c1ccc2c(c1)c1ccccc1c1[cH-]ccc21.c1ccc2c(c1)c1ccccc1c1[cH-]ccc21. The number of hydrogen-bond acceptors (Lipinski definition) is 0. The van der Waals surface area contributed by atoms with Crippen LogP contribution < -0.4 is 24.8 Å². The van der Waals surface area contributed by atoms with Gasteiger partial charge in [-0.2, -0.15) is 24.3 Å². The van der Waals surface area contributed by atoms with Crippen molar-refractivity contribution in [2.24, 2.45) is 0 Å². The summed E-state index contributed by atoms with van der Waals surface area (Å²) in [6.45, 7) is 0. The maximum atomic E-state index is 2.37. The third-order valence-electron chi connectivity index (χ3n) is 7.08. The summed E-state index contributed by atoms with van der Waals surface area (Å²) >= 11 is 1.80. The first-order chi connectivity index (χ1) is 18.6. The van der Waals surface area contributed by atoms with Crippen molar-refractivity contribution in [3.8, 4) is 0 Å². The van der Waals surface area contributed by atoms with E-state index in [2.05, 4.69) is 145 Å². The topological polar surface area (TPSA) is 0 Å². The molecule has 0 N–H and O–H groups in total. The fourth-order valence-corrected chi connectivity index (χ4v) is 5.59. The Morgan fingerprint density at radius 1 is 0.400 bits per heavy atom. The molecule has 0 radical (unpaired) electrons. The van der Waals surface area contributed by atoms with Gasteiger partial charge in [-0.05, 0) is 10.8 Å². The quantitative estimate of drug-likeness (QED) is 0.125. The fourth-order valence-electron chi connectivity index (χ4n) is 5.59. The minimum Gasteiger partial charge on any atom is -1.00 e. The van der Waals surface area contributed by atoms with Crippen molar-refractivity contribution in [3.05, 3.63) is 133 Å². The Balaban J connectivity index is 0.000000157. The monoisotopic (exact) mass is 694 g/mol. The van der Waals surface area contributed by atoms with Crippen molar-refractivity contribution >= 4 is 74.6 Å². The van der Waals surface area contributed by atoms with Gasteiger partial charge in [-0.3, -0.25) is 0 Å². The van der Waals surface area contributed by atoms with E-state index in [4.69, 9.17) is 0 Å². The molecule has 0 unspecified atom stereocenters. The van der Waals surface area contributed by atoms with Crippen LogP contribution in [0, 0.1) is 0 Å². The van der Waals surface area contributed by atoms with Crippen LogP contribution in [-0.4, -0.2) is 9.98 Å². The molecule has 0 bridgehead atoms. The van der Waals surface area contributed by atoms with Gasteiger partial charge in [0, 0.05) is 0 Å². The van der Waals surface area contributed by atoms with Crippen LogP contribution in [0.4, 0.5) is 0 Å². The standard InChI is InChI=1S/2C17H11.C2H6Ge.2ClH.Zr/c2*1-3-8-14-12(6-1)13-7-2-4-9-15(13)17-11-5-10-16(14)17;1-3-2;;;/h2*1-11H;1-2H3;2*1H;/q2*-1;;;;+2/p-2. The summed E-state index contributed by atoms with van der Waals surface area (Å²) in [5, 5.41) is 16.2. The van der Waals surface area contributed by atoms with Crippen LogP contribution >= 0.6 is 0 Å². The molecule has 0 spiro atoms. The molecule has 8 rings (SSSR count). The van der Waals surface area contributed by atoms with E-state index in [1.54, 1.807) is 21.6 Å². The Morgan fingerprint density at radius 2 is 0.600 bits per heavy atom. The molecular weight excluding hydrogens is 667 g/mol. The van der Waals surface area contributed by atoms with Crippen LogP contribution in [0.2, 0.25) is 11.5 Å².